The van der Waals surface area contributed by atoms with Gasteiger partial charge in [-0.05, 0) is 59.7 Å². The minimum Gasteiger partial charge on any atom is -0.489 e. The van der Waals surface area contributed by atoms with Crippen LogP contribution in [0.5, 0.6) is 5.75 Å². The molecule has 0 heterocycles. The van der Waals surface area contributed by atoms with Crippen molar-refractivity contribution in [1.82, 2.24) is 5.43 Å². The van der Waals surface area contributed by atoms with Gasteiger partial charge in [-0.25, -0.2) is 5.43 Å². The molecule has 0 atom stereocenters. The summed E-state index contributed by atoms with van der Waals surface area (Å²) < 4.78 is 6.76. The maximum absolute atomic E-state index is 12.0. The van der Waals surface area contributed by atoms with Gasteiger partial charge < -0.3 is 10.1 Å². The number of halogens is 3. The zero-order valence-electron chi connectivity index (χ0n) is 16.6. The molecule has 0 unspecified atom stereocenters. The molecule has 164 valence electrons. The Morgan fingerprint density at radius 3 is 2.41 bits per heavy atom. The molecule has 2 amide bonds. The fourth-order valence-electron chi connectivity index (χ4n) is 2.56. The van der Waals surface area contributed by atoms with Crippen molar-refractivity contribution in [2.24, 2.45) is 5.10 Å². The van der Waals surface area contributed by atoms with Gasteiger partial charge in [-0.3, -0.25) is 9.59 Å². The second kappa shape index (κ2) is 11.7. The first-order chi connectivity index (χ1) is 15.4. The van der Waals surface area contributed by atoms with E-state index in [4.69, 9.17) is 27.9 Å². The number of benzene rings is 3. The third-order valence-corrected chi connectivity index (χ3v) is 5.50. The van der Waals surface area contributed by atoms with Crippen molar-refractivity contribution in [1.29, 1.82) is 0 Å². The zero-order valence-corrected chi connectivity index (χ0v) is 19.7. The molecule has 3 aromatic carbocycles. The van der Waals surface area contributed by atoms with E-state index in [-0.39, 0.29) is 5.02 Å². The lowest BCUT2D eigenvalue weighted by Gasteiger charge is -2.07. The molecule has 0 aliphatic rings. The van der Waals surface area contributed by atoms with Gasteiger partial charge in [-0.2, -0.15) is 5.10 Å². The van der Waals surface area contributed by atoms with E-state index < -0.39 is 18.2 Å². The third-order valence-electron chi connectivity index (χ3n) is 4.15. The average molecular weight is 535 g/mol. The Balaban J connectivity index is 1.43. The van der Waals surface area contributed by atoms with E-state index in [0.717, 1.165) is 15.6 Å². The van der Waals surface area contributed by atoms with Gasteiger partial charge in [0.2, 0.25) is 11.8 Å². The quantitative estimate of drug-likeness (QED) is 0.217. The van der Waals surface area contributed by atoms with Crippen molar-refractivity contribution in [2.45, 2.75) is 13.0 Å². The maximum Gasteiger partial charge on any atom is 0.249 e. The van der Waals surface area contributed by atoms with Crippen molar-refractivity contribution in [3.05, 3.63) is 92.4 Å². The van der Waals surface area contributed by atoms with Crippen LogP contribution in [0.15, 0.2) is 76.3 Å². The molecule has 32 heavy (non-hydrogen) atoms. The Bertz CT molecular complexity index is 1120. The highest BCUT2D eigenvalue weighted by Crippen LogP contribution is 2.29. The van der Waals surface area contributed by atoms with Crippen LogP contribution >= 0.6 is 39.1 Å². The first kappa shape index (κ1) is 23.8. The molecule has 0 saturated heterocycles. The number of ether oxygens (including phenoxy) is 1. The van der Waals surface area contributed by atoms with Gasteiger partial charge in [0.1, 0.15) is 18.8 Å². The van der Waals surface area contributed by atoms with E-state index in [1.807, 2.05) is 36.4 Å². The van der Waals surface area contributed by atoms with Gasteiger partial charge >= 0.3 is 0 Å². The minimum atomic E-state index is -0.564. The Morgan fingerprint density at radius 2 is 1.69 bits per heavy atom. The van der Waals surface area contributed by atoms with E-state index in [1.54, 1.807) is 30.3 Å². The average Bonchev–Trinajstić information content (AvgIpc) is 2.77. The van der Waals surface area contributed by atoms with Crippen LogP contribution in [-0.2, 0) is 16.2 Å². The molecule has 3 aromatic rings. The van der Waals surface area contributed by atoms with Crippen LogP contribution in [0.25, 0.3) is 0 Å². The van der Waals surface area contributed by atoms with Crippen LogP contribution < -0.4 is 15.5 Å². The Morgan fingerprint density at radius 1 is 0.969 bits per heavy atom. The summed E-state index contributed by atoms with van der Waals surface area (Å²) in [7, 11) is 0. The normalized spacial score (nSPS) is 10.7. The maximum atomic E-state index is 12.0. The number of hydrogen-bond donors (Lipinski definition) is 2. The molecule has 0 aromatic heterocycles. The number of anilines is 1. The number of rotatable bonds is 8. The highest BCUT2D eigenvalue weighted by atomic mass is 79.9. The summed E-state index contributed by atoms with van der Waals surface area (Å²) in [6.45, 7) is 0.458. The van der Waals surface area contributed by atoms with Crippen molar-refractivity contribution < 1.29 is 14.3 Å². The summed E-state index contributed by atoms with van der Waals surface area (Å²) in [4.78, 5) is 23.9. The molecule has 0 radical (unpaired) electrons. The second-order valence-electron chi connectivity index (χ2n) is 6.60. The number of carbonyl (C=O) groups is 2. The molecule has 0 aliphatic carbocycles. The number of hydrogen-bond acceptors (Lipinski definition) is 4. The van der Waals surface area contributed by atoms with E-state index in [9.17, 15) is 9.59 Å². The standard InChI is InChI=1S/C23H18BrCl2N3O3/c24-17-8-4-16(5-9-17)14-32-18-10-6-15(7-11-18)13-27-29-22(31)12-21(30)28-20-3-1-2-19(25)23(20)26/h1-11,13H,12,14H2,(H,28,30)(H,29,31). The molecule has 2 N–H and O–H groups in total. The number of amides is 2. The minimum absolute atomic E-state index is 0.213. The summed E-state index contributed by atoms with van der Waals surface area (Å²) in [5.41, 5.74) is 4.47. The van der Waals surface area contributed by atoms with Crippen molar-refractivity contribution in [3.63, 3.8) is 0 Å². The molecule has 0 spiro atoms. The van der Waals surface area contributed by atoms with Crippen LogP contribution in [0.3, 0.4) is 0 Å². The topological polar surface area (TPSA) is 79.8 Å². The van der Waals surface area contributed by atoms with Crippen molar-refractivity contribution in [2.75, 3.05) is 5.32 Å². The van der Waals surface area contributed by atoms with Crippen molar-refractivity contribution >= 4 is 62.8 Å². The highest BCUT2D eigenvalue weighted by molar-refractivity contribution is 9.10. The number of nitrogens with one attached hydrogen (secondary N) is 2. The Hall–Kier alpha value is -2.87. The molecular formula is C23H18BrCl2N3O3. The zero-order chi connectivity index (χ0) is 22.9. The predicted molar refractivity (Wildman–Crippen MR) is 130 cm³/mol. The largest absolute Gasteiger partial charge is 0.489 e. The molecule has 3 rings (SSSR count). The van der Waals surface area contributed by atoms with Gasteiger partial charge in [0.25, 0.3) is 0 Å². The lowest BCUT2D eigenvalue weighted by Crippen LogP contribution is -2.24. The van der Waals surface area contributed by atoms with Crippen LogP contribution in [-0.4, -0.2) is 18.0 Å². The lowest BCUT2D eigenvalue weighted by atomic mass is 10.2. The van der Waals surface area contributed by atoms with Gasteiger partial charge in [-0.1, -0.05) is 57.3 Å². The van der Waals surface area contributed by atoms with Crippen LogP contribution in [0, 0.1) is 0 Å². The number of nitrogens with zero attached hydrogens (tertiary/aromatic N) is 1. The number of carbonyl (C=O) groups excluding carboxylic acids is 2. The molecular weight excluding hydrogens is 517 g/mol. The summed E-state index contributed by atoms with van der Waals surface area (Å²) in [6, 6.07) is 20.0. The summed E-state index contributed by atoms with van der Waals surface area (Å²) in [5.74, 6) is -0.383. The summed E-state index contributed by atoms with van der Waals surface area (Å²) >= 11 is 15.3. The predicted octanol–water partition coefficient (Wildman–Crippen LogP) is 5.81. The van der Waals surface area contributed by atoms with E-state index in [2.05, 4.69) is 31.8 Å². The van der Waals surface area contributed by atoms with Crippen LogP contribution in [0.1, 0.15) is 17.5 Å². The van der Waals surface area contributed by atoms with E-state index >= 15 is 0 Å². The molecule has 0 fully saturated rings. The Kier molecular flexibility index (Phi) is 8.67. The van der Waals surface area contributed by atoms with E-state index in [0.29, 0.717) is 23.1 Å². The second-order valence-corrected chi connectivity index (χ2v) is 8.30. The van der Waals surface area contributed by atoms with E-state index in [1.165, 1.54) is 6.21 Å². The third kappa shape index (κ3) is 7.37. The molecule has 0 aliphatic heterocycles. The first-order valence-electron chi connectivity index (χ1n) is 9.44. The first-order valence-corrected chi connectivity index (χ1v) is 11.0. The van der Waals surface area contributed by atoms with Gasteiger partial charge in [0.15, 0.2) is 0 Å². The monoisotopic (exact) mass is 533 g/mol. The summed E-state index contributed by atoms with van der Waals surface area (Å²) in [6.07, 6.45) is 1.06. The number of hydrazone groups is 1. The smallest absolute Gasteiger partial charge is 0.249 e. The highest BCUT2D eigenvalue weighted by Gasteiger charge is 2.12. The van der Waals surface area contributed by atoms with Crippen LogP contribution in [0.2, 0.25) is 10.0 Å². The fourth-order valence-corrected chi connectivity index (χ4v) is 3.17. The molecule has 0 bridgehead atoms. The molecule has 9 heteroatoms. The van der Waals surface area contributed by atoms with Gasteiger partial charge in [-0.15, -0.1) is 0 Å². The van der Waals surface area contributed by atoms with Gasteiger partial charge in [0.05, 0.1) is 21.9 Å². The van der Waals surface area contributed by atoms with Crippen LogP contribution in [0.4, 0.5) is 5.69 Å². The fraction of sp³-hybridized carbons (Fsp3) is 0.0870. The summed E-state index contributed by atoms with van der Waals surface area (Å²) in [5, 5.41) is 6.93. The lowest BCUT2D eigenvalue weighted by molar-refractivity contribution is -0.126. The van der Waals surface area contributed by atoms with Crippen molar-refractivity contribution in [3.8, 4) is 5.75 Å². The molecule has 0 saturated carbocycles. The molecule has 6 nitrogen and oxygen atoms in total. The SMILES string of the molecule is O=C(CC(=O)Nc1cccc(Cl)c1Cl)NN=Cc1ccc(OCc2ccc(Br)cc2)cc1. The van der Waals surface area contributed by atoms with Gasteiger partial charge in [0, 0.05) is 4.47 Å². The Labute approximate surface area is 203 Å².